The van der Waals surface area contributed by atoms with E-state index in [1.54, 1.807) is 18.2 Å². The second-order valence-electron chi connectivity index (χ2n) is 7.68. The highest BCUT2D eigenvalue weighted by Gasteiger charge is 2.29. The van der Waals surface area contributed by atoms with Crippen molar-refractivity contribution >= 4 is 15.9 Å². The van der Waals surface area contributed by atoms with Crippen molar-refractivity contribution < 1.29 is 13.2 Å². The molecule has 0 N–H and O–H groups in total. The van der Waals surface area contributed by atoms with E-state index in [-0.39, 0.29) is 10.8 Å². The van der Waals surface area contributed by atoms with Crippen molar-refractivity contribution in [3.63, 3.8) is 0 Å². The molecule has 1 amide bonds. The zero-order valence-electron chi connectivity index (χ0n) is 15.9. The Morgan fingerprint density at radius 3 is 2.46 bits per heavy atom. The molecule has 144 valence electrons. The summed E-state index contributed by atoms with van der Waals surface area (Å²) < 4.78 is 27.5. The number of likely N-dealkylation sites (tertiary alicyclic amines) is 1. The number of sulfonamides is 1. The van der Waals surface area contributed by atoms with Gasteiger partial charge in [0.25, 0.3) is 5.91 Å². The lowest BCUT2D eigenvalue weighted by molar-refractivity contribution is 0.0682. The Balaban J connectivity index is 1.86. The number of rotatable bonds is 3. The average molecular weight is 380 g/mol. The quantitative estimate of drug-likeness (QED) is 0.804. The molecule has 0 aromatic heterocycles. The maximum Gasteiger partial charge on any atom is 0.254 e. The van der Waals surface area contributed by atoms with Gasteiger partial charge in [-0.05, 0) is 50.4 Å². The van der Waals surface area contributed by atoms with Crippen molar-refractivity contribution in [2.75, 3.05) is 46.3 Å². The van der Waals surface area contributed by atoms with Gasteiger partial charge in [-0.2, -0.15) is 4.31 Å². The first-order chi connectivity index (χ1) is 12.3. The maximum absolute atomic E-state index is 13.0. The lowest BCUT2D eigenvalue weighted by Gasteiger charge is -2.32. The van der Waals surface area contributed by atoms with Crippen LogP contribution >= 0.6 is 0 Å². The van der Waals surface area contributed by atoms with E-state index in [2.05, 4.69) is 11.8 Å². The van der Waals surface area contributed by atoms with Gasteiger partial charge in [-0.3, -0.25) is 4.79 Å². The van der Waals surface area contributed by atoms with Crippen molar-refractivity contribution in [1.82, 2.24) is 14.1 Å². The van der Waals surface area contributed by atoms with Crippen LogP contribution in [0.5, 0.6) is 0 Å². The van der Waals surface area contributed by atoms with Crippen LogP contribution in [0.3, 0.4) is 0 Å². The van der Waals surface area contributed by atoms with Gasteiger partial charge in [-0.25, -0.2) is 8.42 Å². The van der Waals surface area contributed by atoms with Crippen LogP contribution in [0.1, 0.15) is 35.7 Å². The molecule has 26 heavy (non-hydrogen) atoms. The summed E-state index contributed by atoms with van der Waals surface area (Å²) in [6.07, 6.45) is 2.14. The fourth-order valence-corrected chi connectivity index (χ4v) is 5.16. The molecule has 0 bridgehead atoms. The molecule has 0 spiro atoms. The molecule has 0 aliphatic carbocycles. The lowest BCUT2D eigenvalue weighted by atomic mass is 9.99. The number of aryl methyl sites for hydroxylation is 1. The topological polar surface area (TPSA) is 60.9 Å². The third-order valence-corrected chi connectivity index (χ3v) is 7.38. The summed E-state index contributed by atoms with van der Waals surface area (Å²) >= 11 is 0. The normalized spacial score (nSPS) is 23.2. The number of carbonyl (C=O) groups excluding carboxylic acids is 1. The average Bonchev–Trinajstić information content (AvgIpc) is 2.62. The first-order valence-corrected chi connectivity index (χ1v) is 10.8. The van der Waals surface area contributed by atoms with Gasteiger partial charge in [0.05, 0.1) is 4.90 Å². The van der Waals surface area contributed by atoms with E-state index < -0.39 is 10.0 Å². The van der Waals surface area contributed by atoms with E-state index in [0.717, 1.165) is 44.6 Å². The predicted octanol–water partition coefficient (Wildman–Crippen LogP) is 1.80. The number of hydrogen-bond acceptors (Lipinski definition) is 4. The van der Waals surface area contributed by atoms with Crippen LogP contribution in [0.25, 0.3) is 0 Å². The second-order valence-corrected chi connectivity index (χ2v) is 9.62. The minimum atomic E-state index is -3.56. The predicted molar refractivity (Wildman–Crippen MR) is 102 cm³/mol. The molecule has 2 fully saturated rings. The molecule has 6 nitrogen and oxygen atoms in total. The summed E-state index contributed by atoms with van der Waals surface area (Å²) in [5.41, 5.74) is 1.33. The summed E-state index contributed by atoms with van der Waals surface area (Å²) in [7, 11) is -1.57. The number of piperidine rings is 1. The molecule has 2 heterocycles. The minimum Gasteiger partial charge on any atom is -0.338 e. The molecule has 2 saturated heterocycles. The van der Waals surface area contributed by atoms with Crippen LogP contribution in [-0.4, -0.2) is 74.7 Å². The molecule has 2 aliphatic heterocycles. The Morgan fingerprint density at radius 2 is 1.81 bits per heavy atom. The highest BCUT2D eigenvalue weighted by atomic mass is 32.2. The molecule has 1 atom stereocenters. The van der Waals surface area contributed by atoms with Crippen molar-refractivity contribution in [3.05, 3.63) is 29.3 Å². The Kier molecular flexibility index (Phi) is 5.69. The lowest BCUT2D eigenvalue weighted by Crippen LogP contribution is -2.47. The van der Waals surface area contributed by atoms with Crippen molar-refractivity contribution in [1.29, 1.82) is 0 Å². The van der Waals surface area contributed by atoms with Crippen LogP contribution < -0.4 is 0 Å². The fourth-order valence-electron chi connectivity index (χ4n) is 3.71. The molecule has 1 aromatic carbocycles. The summed E-state index contributed by atoms with van der Waals surface area (Å²) in [6, 6.07) is 4.95. The van der Waals surface area contributed by atoms with Gasteiger partial charge >= 0.3 is 0 Å². The fraction of sp³-hybridized carbons (Fsp3) is 0.632. The van der Waals surface area contributed by atoms with Gasteiger partial charge in [0.15, 0.2) is 0 Å². The third kappa shape index (κ3) is 3.94. The van der Waals surface area contributed by atoms with Gasteiger partial charge in [0.2, 0.25) is 10.0 Å². The number of piperazine rings is 1. The molecule has 0 unspecified atom stereocenters. The van der Waals surface area contributed by atoms with Gasteiger partial charge in [-0.1, -0.05) is 13.0 Å². The van der Waals surface area contributed by atoms with Crippen LogP contribution in [0.15, 0.2) is 23.1 Å². The number of likely N-dealkylation sites (N-methyl/N-ethyl adjacent to an activating group) is 1. The molecule has 0 saturated carbocycles. The maximum atomic E-state index is 13.0. The molecule has 0 radical (unpaired) electrons. The summed E-state index contributed by atoms with van der Waals surface area (Å²) in [4.78, 5) is 17.2. The van der Waals surface area contributed by atoms with Crippen LogP contribution in [0, 0.1) is 12.8 Å². The van der Waals surface area contributed by atoms with E-state index in [1.807, 2.05) is 18.9 Å². The molecular formula is C19H29N3O3S. The SMILES string of the molecule is Cc1ccc(S(=O)(=O)N2CCN(C)CC2)cc1C(=O)N1CCC[C@H](C)C1. The Labute approximate surface area is 156 Å². The summed E-state index contributed by atoms with van der Waals surface area (Å²) in [6.45, 7) is 7.93. The van der Waals surface area contributed by atoms with Crippen molar-refractivity contribution in [2.24, 2.45) is 5.92 Å². The van der Waals surface area contributed by atoms with E-state index in [1.165, 1.54) is 4.31 Å². The van der Waals surface area contributed by atoms with Gasteiger partial charge in [0.1, 0.15) is 0 Å². The second kappa shape index (κ2) is 7.66. The van der Waals surface area contributed by atoms with E-state index in [9.17, 15) is 13.2 Å². The van der Waals surface area contributed by atoms with E-state index >= 15 is 0 Å². The smallest absolute Gasteiger partial charge is 0.254 e. The van der Waals surface area contributed by atoms with Gasteiger partial charge in [-0.15, -0.1) is 0 Å². The minimum absolute atomic E-state index is 0.0514. The largest absolute Gasteiger partial charge is 0.338 e. The molecular weight excluding hydrogens is 350 g/mol. The van der Waals surface area contributed by atoms with E-state index in [0.29, 0.717) is 24.6 Å². The summed E-state index contributed by atoms with van der Waals surface area (Å²) in [5.74, 6) is 0.440. The Hall–Kier alpha value is -1.44. The zero-order valence-corrected chi connectivity index (χ0v) is 16.8. The number of amides is 1. The number of benzene rings is 1. The molecule has 3 rings (SSSR count). The molecule has 2 aliphatic rings. The number of carbonyl (C=O) groups is 1. The monoisotopic (exact) mass is 379 g/mol. The Morgan fingerprint density at radius 1 is 1.12 bits per heavy atom. The zero-order chi connectivity index (χ0) is 18.9. The Bertz CT molecular complexity index is 770. The summed E-state index contributed by atoms with van der Waals surface area (Å²) in [5, 5.41) is 0. The van der Waals surface area contributed by atoms with Crippen LogP contribution in [0.2, 0.25) is 0 Å². The first-order valence-electron chi connectivity index (χ1n) is 9.37. The van der Waals surface area contributed by atoms with Crippen molar-refractivity contribution in [2.45, 2.75) is 31.6 Å². The van der Waals surface area contributed by atoms with E-state index in [4.69, 9.17) is 0 Å². The third-order valence-electron chi connectivity index (χ3n) is 5.48. The molecule has 1 aromatic rings. The number of hydrogen-bond donors (Lipinski definition) is 0. The van der Waals surface area contributed by atoms with Gasteiger partial charge in [0, 0.05) is 44.8 Å². The standard InChI is InChI=1S/C19H29N3O3S/c1-15-5-4-8-21(14-15)19(23)18-13-17(7-6-16(18)2)26(24,25)22-11-9-20(3)10-12-22/h6-7,13,15H,4-5,8-12,14H2,1-3H3/t15-/m0/s1. The van der Waals surface area contributed by atoms with Gasteiger partial charge < -0.3 is 9.80 Å². The highest BCUT2D eigenvalue weighted by Crippen LogP contribution is 2.24. The number of nitrogens with zero attached hydrogens (tertiary/aromatic N) is 3. The van der Waals surface area contributed by atoms with Crippen LogP contribution in [0.4, 0.5) is 0 Å². The van der Waals surface area contributed by atoms with Crippen molar-refractivity contribution in [3.8, 4) is 0 Å². The van der Waals surface area contributed by atoms with Crippen LogP contribution in [-0.2, 0) is 10.0 Å². The molecule has 7 heteroatoms. The highest BCUT2D eigenvalue weighted by molar-refractivity contribution is 7.89. The first kappa shape index (κ1) is 19.3.